The quantitative estimate of drug-likeness (QED) is 0.552. The Morgan fingerprint density at radius 3 is 2.57 bits per heavy atom. The van der Waals surface area contributed by atoms with E-state index < -0.39 is 0 Å². The van der Waals surface area contributed by atoms with Gasteiger partial charge < -0.3 is 4.98 Å². The van der Waals surface area contributed by atoms with E-state index in [1.807, 2.05) is 30.3 Å². The van der Waals surface area contributed by atoms with Gasteiger partial charge in [-0.3, -0.25) is 5.11 Å². The first-order valence-electron chi connectivity index (χ1n) is 4.52. The number of para-hydroxylation sites is 1. The third kappa shape index (κ3) is 0.909. The molecule has 0 aliphatic rings. The van der Waals surface area contributed by atoms with Crippen LogP contribution in [-0.2, 0) is 5.11 Å². The van der Waals surface area contributed by atoms with Gasteiger partial charge in [-0.25, -0.2) is 0 Å². The van der Waals surface area contributed by atoms with Crippen LogP contribution in [0.2, 0.25) is 0 Å². The molecule has 0 saturated carbocycles. The number of aromatic nitrogens is 1. The molecule has 14 heavy (non-hydrogen) atoms. The van der Waals surface area contributed by atoms with Gasteiger partial charge in [0.05, 0.1) is 0 Å². The highest BCUT2D eigenvalue weighted by atomic mass is 16.3. The van der Waals surface area contributed by atoms with Gasteiger partial charge >= 0.3 is 0 Å². The smallest absolute Gasteiger partial charge is 0.179 e. The topological polar surface area (TPSA) is 35.7 Å². The SMILES string of the molecule is [O]c1ccc2[nH]c3ccccc3c2c1. The molecule has 1 N–H and O–H groups in total. The van der Waals surface area contributed by atoms with Crippen LogP contribution >= 0.6 is 0 Å². The molecular weight excluding hydrogens is 174 g/mol. The normalized spacial score (nSPS) is 11.1. The molecule has 3 aromatic rings. The van der Waals surface area contributed by atoms with Crippen LogP contribution in [0.5, 0.6) is 5.75 Å². The lowest BCUT2D eigenvalue weighted by Crippen LogP contribution is -1.65. The third-order valence-corrected chi connectivity index (χ3v) is 2.48. The van der Waals surface area contributed by atoms with Gasteiger partial charge in [-0.2, -0.15) is 0 Å². The minimum Gasteiger partial charge on any atom is -0.355 e. The lowest BCUT2D eigenvalue weighted by atomic mass is 10.1. The zero-order valence-electron chi connectivity index (χ0n) is 7.45. The number of hydrogen-bond donors (Lipinski definition) is 1. The van der Waals surface area contributed by atoms with Crippen LogP contribution in [0.1, 0.15) is 0 Å². The van der Waals surface area contributed by atoms with E-state index in [0.29, 0.717) is 0 Å². The molecule has 1 aromatic heterocycles. The third-order valence-electron chi connectivity index (χ3n) is 2.48. The van der Waals surface area contributed by atoms with E-state index in [9.17, 15) is 5.11 Å². The number of nitrogens with one attached hydrogen (secondary N) is 1. The Bertz CT molecular complexity index is 610. The maximum Gasteiger partial charge on any atom is 0.179 e. The van der Waals surface area contributed by atoms with E-state index in [1.165, 1.54) is 0 Å². The van der Waals surface area contributed by atoms with Crippen molar-refractivity contribution in [3.63, 3.8) is 0 Å². The second-order valence-electron chi connectivity index (χ2n) is 3.38. The number of benzene rings is 2. The molecule has 0 fully saturated rings. The second-order valence-corrected chi connectivity index (χ2v) is 3.38. The standard InChI is InChI=1S/C12H8NO/c14-8-5-6-12-10(7-8)9-3-1-2-4-11(9)13-12/h1-7,13H. The zero-order chi connectivity index (χ0) is 9.54. The van der Waals surface area contributed by atoms with Crippen LogP contribution in [0.3, 0.4) is 0 Å². The number of rotatable bonds is 0. The molecule has 3 rings (SSSR count). The Hall–Kier alpha value is -1.96. The van der Waals surface area contributed by atoms with Gasteiger partial charge in [0.25, 0.3) is 0 Å². The lowest BCUT2D eigenvalue weighted by Gasteiger charge is -1.89. The fraction of sp³-hybridized carbons (Fsp3) is 0. The first-order chi connectivity index (χ1) is 6.84. The summed E-state index contributed by atoms with van der Waals surface area (Å²) in [4.78, 5) is 3.27. The van der Waals surface area contributed by atoms with Crippen molar-refractivity contribution in [2.24, 2.45) is 0 Å². The molecule has 0 aliphatic heterocycles. The van der Waals surface area contributed by atoms with Crippen molar-refractivity contribution < 1.29 is 5.11 Å². The summed E-state index contributed by atoms with van der Waals surface area (Å²) in [6.45, 7) is 0. The van der Waals surface area contributed by atoms with Crippen molar-refractivity contribution in [2.45, 2.75) is 0 Å². The first-order valence-corrected chi connectivity index (χ1v) is 4.52. The van der Waals surface area contributed by atoms with E-state index in [4.69, 9.17) is 0 Å². The van der Waals surface area contributed by atoms with E-state index in [1.54, 1.807) is 12.1 Å². The molecule has 0 amide bonds. The summed E-state index contributed by atoms with van der Waals surface area (Å²) in [7, 11) is 0. The Morgan fingerprint density at radius 2 is 1.64 bits per heavy atom. The molecule has 0 spiro atoms. The first kappa shape index (κ1) is 7.44. The summed E-state index contributed by atoms with van der Waals surface area (Å²) in [5.41, 5.74) is 2.10. The summed E-state index contributed by atoms with van der Waals surface area (Å²) in [5.74, 6) is 0.0576. The van der Waals surface area contributed by atoms with Crippen LogP contribution in [0.15, 0.2) is 42.5 Å². The highest BCUT2D eigenvalue weighted by Crippen LogP contribution is 2.27. The predicted octanol–water partition coefficient (Wildman–Crippen LogP) is 3.46. The average molecular weight is 182 g/mol. The van der Waals surface area contributed by atoms with Gasteiger partial charge in [0, 0.05) is 21.8 Å². The van der Waals surface area contributed by atoms with E-state index in [0.717, 1.165) is 21.8 Å². The maximum atomic E-state index is 11.2. The zero-order valence-corrected chi connectivity index (χ0v) is 7.45. The Morgan fingerprint density at radius 1 is 0.857 bits per heavy atom. The molecule has 0 atom stereocenters. The molecule has 2 heteroatoms. The van der Waals surface area contributed by atoms with E-state index in [2.05, 4.69) is 4.98 Å². The van der Waals surface area contributed by atoms with Crippen molar-refractivity contribution in [2.75, 3.05) is 0 Å². The fourth-order valence-corrected chi connectivity index (χ4v) is 1.83. The molecule has 0 saturated heterocycles. The van der Waals surface area contributed by atoms with Crippen molar-refractivity contribution in [1.82, 2.24) is 4.98 Å². The molecule has 2 nitrogen and oxygen atoms in total. The molecule has 0 unspecified atom stereocenters. The van der Waals surface area contributed by atoms with Gasteiger partial charge in [-0.05, 0) is 24.3 Å². The maximum absolute atomic E-state index is 11.2. The molecule has 0 bridgehead atoms. The Kier molecular flexibility index (Phi) is 1.34. The summed E-state index contributed by atoms with van der Waals surface area (Å²) < 4.78 is 0. The van der Waals surface area contributed by atoms with Crippen molar-refractivity contribution in [3.05, 3.63) is 42.5 Å². The number of fused-ring (bicyclic) bond motifs is 3. The summed E-state index contributed by atoms with van der Waals surface area (Å²) >= 11 is 0. The highest BCUT2D eigenvalue weighted by molar-refractivity contribution is 6.07. The van der Waals surface area contributed by atoms with Gasteiger partial charge in [0.15, 0.2) is 5.75 Å². The molecule has 0 aliphatic carbocycles. The largest absolute Gasteiger partial charge is 0.355 e. The minimum atomic E-state index is 0.0576. The fourth-order valence-electron chi connectivity index (χ4n) is 1.83. The van der Waals surface area contributed by atoms with Crippen molar-refractivity contribution in [3.8, 4) is 5.75 Å². The molecule has 1 radical (unpaired) electrons. The molecular formula is C12H8NO. The number of aromatic amines is 1. The van der Waals surface area contributed by atoms with Crippen LogP contribution in [0.25, 0.3) is 21.8 Å². The molecule has 67 valence electrons. The van der Waals surface area contributed by atoms with Gasteiger partial charge in [0.2, 0.25) is 0 Å². The van der Waals surface area contributed by atoms with Gasteiger partial charge in [-0.1, -0.05) is 18.2 Å². The molecule has 1 heterocycles. The predicted molar refractivity (Wildman–Crippen MR) is 55.9 cm³/mol. The van der Waals surface area contributed by atoms with Crippen LogP contribution < -0.4 is 0 Å². The monoisotopic (exact) mass is 182 g/mol. The number of hydrogen-bond acceptors (Lipinski definition) is 0. The van der Waals surface area contributed by atoms with Crippen LogP contribution in [0, 0.1) is 0 Å². The Balaban J connectivity index is 2.58. The molecule has 2 aromatic carbocycles. The van der Waals surface area contributed by atoms with Crippen molar-refractivity contribution >= 4 is 21.8 Å². The van der Waals surface area contributed by atoms with E-state index in [-0.39, 0.29) is 5.75 Å². The van der Waals surface area contributed by atoms with Gasteiger partial charge in [0.1, 0.15) is 0 Å². The summed E-state index contributed by atoms with van der Waals surface area (Å²) in [6.07, 6.45) is 0. The summed E-state index contributed by atoms with van der Waals surface area (Å²) in [5, 5.41) is 13.3. The second kappa shape index (κ2) is 2.51. The van der Waals surface area contributed by atoms with Crippen LogP contribution in [0.4, 0.5) is 0 Å². The number of H-pyrrole nitrogens is 1. The summed E-state index contributed by atoms with van der Waals surface area (Å²) in [6, 6.07) is 13.1. The Labute approximate surface area is 80.8 Å². The lowest BCUT2D eigenvalue weighted by molar-refractivity contribution is 0.355. The minimum absolute atomic E-state index is 0.0576. The highest BCUT2D eigenvalue weighted by Gasteiger charge is 2.03. The van der Waals surface area contributed by atoms with E-state index >= 15 is 0 Å². The van der Waals surface area contributed by atoms with Crippen molar-refractivity contribution in [1.29, 1.82) is 0 Å². The van der Waals surface area contributed by atoms with Crippen LogP contribution in [-0.4, -0.2) is 4.98 Å². The van der Waals surface area contributed by atoms with Gasteiger partial charge in [-0.15, -0.1) is 0 Å². The average Bonchev–Trinajstić information content (AvgIpc) is 2.56.